The maximum absolute atomic E-state index is 12.3. The summed E-state index contributed by atoms with van der Waals surface area (Å²) in [5.74, 6) is 1.95. The van der Waals surface area contributed by atoms with E-state index < -0.39 is 0 Å². The zero-order valence-corrected chi connectivity index (χ0v) is 16.0. The number of nitrogens with two attached hydrogens (primary N) is 1. The van der Waals surface area contributed by atoms with E-state index in [-0.39, 0.29) is 18.3 Å². The van der Waals surface area contributed by atoms with Crippen molar-refractivity contribution < 1.29 is 19.0 Å². The number of ether oxygens (including phenoxy) is 3. The number of rotatable bonds is 8. The molecule has 26 heavy (non-hydrogen) atoms. The minimum Gasteiger partial charge on any atom is -0.496 e. The van der Waals surface area contributed by atoms with Gasteiger partial charge in [-0.3, -0.25) is 4.79 Å². The van der Waals surface area contributed by atoms with Gasteiger partial charge in [0.25, 0.3) is 5.91 Å². The number of benzene rings is 2. The van der Waals surface area contributed by atoms with Gasteiger partial charge in [-0.25, -0.2) is 0 Å². The second kappa shape index (κ2) is 10.4. The maximum atomic E-state index is 12.3. The smallest absolute Gasteiger partial charge is 0.253 e. The van der Waals surface area contributed by atoms with Gasteiger partial charge in [-0.15, -0.1) is 12.4 Å². The number of carbonyl (C=O) groups is 1. The molecule has 0 bridgehead atoms. The molecule has 0 spiro atoms. The zero-order chi connectivity index (χ0) is 18.2. The van der Waals surface area contributed by atoms with Gasteiger partial charge < -0.3 is 24.8 Å². The van der Waals surface area contributed by atoms with E-state index in [0.29, 0.717) is 48.1 Å². The molecular formula is C19H25ClN2O4. The summed E-state index contributed by atoms with van der Waals surface area (Å²) in [5.41, 5.74) is 6.88. The molecule has 2 aromatic rings. The molecule has 2 N–H and O–H groups in total. The Hall–Kier alpha value is -2.60. The van der Waals surface area contributed by atoms with Crippen LogP contribution in [0, 0.1) is 0 Å². The maximum Gasteiger partial charge on any atom is 0.253 e. The third kappa shape index (κ3) is 6.04. The molecule has 0 atom stereocenters. The van der Waals surface area contributed by atoms with Gasteiger partial charge >= 0.3 is 0 Å². The first-order chi connectivity index (χ1) is 12.0. The van der Waals surface area contributed by atoms with Gasteiger partial charge in [-0.2, -0.15) is 0 Å². The van der Waals surface area contributed by atoms with Crippen LogP contribution in [-0.4, -0.2) is 45.2 Å². The minimum absolute atomic E-state index is 0. The number of anilines is 1. The number of methoxy groups -OCH3 is 2. The highest BCUT2D eigenvalue weighted by atomic mass is 35.5. The van der Waals surface area contributed by atoms with E-state index in [9.17, 15) is 4.79 Å². The molecule has 0 aromatic heterocycles. The molecule has 0 radical (unpaired) electrons. The van der Waals surface area contributed by atoms with Crippen LogP contribution < -0.4 is 19.9 Å². The summed E-state index contributed by atoms with van der Waals surface area (Å²) in [6.07, 6.45) is 0.698. The highest BCUT2D eigenvalue weighted by molar-refractivity contribution is 5.94. The van der Waals surface area contributed by atoms with Gasteiger partial charge in [0.15, 0.2) is 0 Å². The van der Waals surface area contributed by atoms with Gasteiger partial charge in [-0.1, -0.05) is 6.07 Å². The molecule has 0 heterocycles. The van der Waals surface area contributed by atoms with Crippen molar-refractivity contribution in [1.29, 1.82) is 0 Å². The molecular weight excluding hydrogens is 356 g/mol. The van der Waals surface area contributed by atoms with E-state index in [2.05, 4.69) is 0 Å². The molecule has 0 aliphatic rings. The fraction of sp³-hybridized carbons (Fsp3) is 0.316. The van der Waals surface area contributed by atoms with Crippen LogP contribution in [0.2, 0.25) is 0 Å². The second-order valence-electron chi connectivity index (χ2n) is 5.60. The first-order valence-electron chi connectivity index (χ1n) is 8.00. The Balaban J connectivity index is 0.00000338. The molecule has 0 aliphatic heterocycles. The SMILES string of the molecule is COc1cc(OC)cc(OCCCN(C)C(=O)c2cccc(N)c2)c1.Cl. The lowest BCUT2D eigenvalue weighted by atomic mass is 10.2. The minimum atomic E-state index is -0.0599. The fourth-order valence-electron chi connectivity index (χ4n) is 2.35. The Kier molecular flexibility index (Phi) is 8.58. The summed E-state index contributed by atoms with van der Waals surface area (Å²) < 4.78 is 16.1. The largest absolute Gasteiger partial charge is 0.496 e. The number of hydrogen-bond donors (Lipinski definition) is 1. The van der Waals surface area contributed by atoms with Gasteiger partial charge in [0, 0.05) is 43.0 Å². The van der Waals surface area contributed by atoms with Crippen molar-refractivity contribution in [3.63, 3.8) is 0 Å². The van der Waals surface area contributed by atoms with Crippen LogP contribution in [-0.2, 0) is 0 Å². The lowest BCUT2D eigenvalue weighted by Crippen LogP contribution is -2.28. The number of carbonyl (C=O) groups excluding carboxylic acids is 1. The molecule has 1 amide bonds. The van der Waals surface area contributed by atoms with Gasteiger partial charge in [0.05, 0.1) is 20.8 Å². The second-order valence-corrected chi connectivity index (χ2v) is 5.60. The summed E-state index contributed by atoms with van der Waals surface area (Å²) in [6.45, 7) is 1.06. The Morgan fingerprint density at radius 3 is 2.23 bits per heavy atom. The molecule has 2 aromatic carbocycles. The molecule has 0 saturated carbocycles. The molecule has 0 fully saturated rings. The van der Waals surface area contributed by atoms with Gasteiger partial charge in [0.2, 0.25) is 0 Å². The van der Waals surface area contributed by atoms with Crippen LogP contribution in [0.25, 0.3) is 0 Å². The summed E-state index contributed by atoms with van der Waals surface area (Å²) in [7, 11) is 4.95. The van der Waals surface area contributed by atoms with E-state index in [1.54, 1.807) is 68.6 Å². The summed E-state index contributed by atoms with van der Waals surface area (Å²) in [4.78, 5) is 14.0. The van der Waals surface area contributed by atoms with Crippen LogP contribution in [0.3, 0.4) is 0 Å². The summed E-state index contributed by atoms with van der Waals surface area (Å²) in [5, 5.41) is 0. The summed E-state index contributed by atoms with van der Waals surface area (Å²) >= 11 is 0. The predicted octanol–water partition coefficient (Wildman–Crippen LogP) is 3.25. The first kappa shape index (κ1) is 21.4. The van der Waals surface area contributed by atoms with Gasteiger partial charge in [0.1, 0.15) is 17.2 Å². The standard InChI is InChI=1S/C19H24N2O4.ClH/c1-21(19(22)14-6-4-7-15(20)10-14)8-5-9-25-18-12-16(23-2)11-17(13-18)24-3;/h4,6-7,10-13H,5,8-9,20H2,1-3H3;1H. The average molecular weight is 381 g/mol. The van der Waals surface area contributed by atoms with Crippen LogP contribution in [0.1, 0.15) is 16.8 Å². The van der Waals surface area contributed by atoms with Crippen molar-refractivity contribution in [3.05, 3.63) is 48.0 Å². The topological polar surface area (TPSA) is 74.0 Å². The van der Waals surface area contributed by atoms with Crippen molar-refractivity contribution >= 4 is 24.0 Å². The molecule has 142 valence electrons. The van der Waals surface area contributed by atoms with E-state index in [1.165, 1.54) is 0 Å². The number of halogens is 1. The third-order valence-electron chi connectivity index (χ3n) is 3.71. The average Bonchev–Trinajstić information content (AvgIpc) is 2.64. The molecule has 2 rings (SSSR count). The normalized spacial score (nSPS) is 9.81. The van der Waals surface area contributed by atoms with E-state index in [0.717, 1.165) is 0 Å². The third-order valence-corrected chi connectivity index (χ3v) is 3.71. The molecule has 6 nitrogen and oxygen atoms in total. The van der Waals surface area contributed by atoms with E-state index in [4.69, 9.17) is 19.9 Å². The number of nitrogen functional groups attached to an aromatic ring is 1. The molecule has 7 heteroatoms. The Labute approximate surface area is 160 Å². The molecule has 0 unspecified atom stereocenters. The Bertz CT molecular complexity index is 702. The number of hydrogen-bond acceptors (Lipinski definition) is 5. The van der Waals surface area contributed by atoms with Crippen LogP contribution in [0.4, 0.5) is 5.69 Å². The monoisotopic (exact) mass is 380 g/mol. The van der Waals surface area contributed by atoms with E-state index in [1.807, 2.05) is 0 Å². The predicted molar refractivity (Wildman–Crippen MR) is 105 cm³/mol. The number of amides is 1. The van der Waals surface area contributed by atoms with Crippen LogP contribution in [0.5, 0.6) is 17.2 Å². The van der Waals surface area contributed by atoms with Crippen LogP contribution >= 0.6 is 12.4 Å². The van der Waals surface area contributed by atoms with Crippen molar-refractivity contribution in [2.45, 2.75) is 6.42 Å². The van der Waals surface area contributed by atoms with Crippen LogP contribution in [0.15, 0.2) is 42.5 Å². The Morgan fingerprint density at radius 1 is 1.04 bits per heavy atom. The van der Waals surface area contributed by atoms with Crippen molar-refractivity contribution in [3.8, 4) is 17.2 Å². The molecule has 0 aliphatic carbocycles. The Morgan fingerprint density at radius 2 is 1.65 bits per heavy atom. The fourth-order valence-corrected chi connectivity index (χ4v) is 2.35. The van der Waals surface area contributed by atoms with Crippen molar-refractivity contribution in [2.24, 2.45) is 0 Å². The first-order valence-corrected chi connectivity index (χ1v) is 8.00. The zero-order valence-electron chi connectivity index (χ0n) is 15.2. The van der Waals surface area contributed by atoms with Gasteiger partial charge in [-0.05, 0) is 24.6 Å². The highest BCUT2D eigenvalue weighted by Crippen LogP contribution is 2.27. The number of nitrogens with zero attached hydrogens (tertiary/aromatic N) is 1. The highest BCUT2D eigenvalue weighted by Gasteiger charge is 2.11. The van der Waals surface area contributed by atoms with Crippen molar-refractivity contribution in [2.75, 3.05) is 40.2 Å². The lowest BCUT2D eigenvalue weighted by Gasteiger charge is -2.17. The summed E-state index contributed by atoms with van der Waals surface area (Å²) in [6, 6.07) is 12.3. The molecule has 0 saturated heterocycles. The van der Waals surface area contributed by atoms with Crippen molar-refractivity contribution in [1.82, 2.24) is 4.90 Å². The lowest BCUT2D eigenvalue weighted by molar-refractivity contribution is 0.0788. The van der Waals surface area contributed by atoms with E-state index >= 15 is 0 Å². The quantitative estimate of drug-likeness (QED) is 0.562.